The van der Waals surface area contributed by atoms with Gasteiger partial charge in [0.1, 0.15) is 6.04 Å². The highest BCUT2D eigenvalue weighted by atomic mass is 16.4. The molecule has 0 spiro atoms. The molecule has 0 radical (unpaired) electrons. The van der Waals surface area contributed by atoms with Gasteiger partial charge in [-0.15, -0.1) is 6.42 Å². The van der Waals surface area contributed by atoms with Gasteiger partial charge in [-0.05, 0) is 30.7 Å². The average Bonchev–Trinajstić information content (AvgIpc) is 2.84. The summed E-state index contributed by atoms with van der Waals surface area (Å²) in [4.78, 5) is 51.5. The van der Waals surface area contributed by atoms with Crippen LogP contribution in [0.2, 0.25) is 0 Å². The van der Waals surface area contributed by atoms with E-state index < -0.39 is 23.8 Å². The van der Waals surface area contributed by atoms with Crippen molar-refractivity contribution in [1.29, 1.82) is 0 Å². The summed E-state index contributed by atoms with van der Waals surface area (Å²) in [5.74, 6) is -0.482. The first-order chi connectivity index (χ1) is 16.8. The molecule has 2 aromatic heterocycles. The molecule has 3 rings (SSSR count). The van der Waals surface area contributed by atoms with Crippen LogP contribution < -0.4 is 21.7 Å². The zero-order valence-corrected chi connectivity index (χ0v) is 18.4. The molecule has 0 fully saturated rings. The second-order valence-electron chi connectivity index (χ2n) is 7.25. The highest BCUT2D eigenvalue weighted by Gasteiger charge is 2.21. The number of carbonyl (C=O) groups is 3. The van der Waals surface area contributed by atoms with Crippen molar-refractivity contribution in [2.75, 3.05) is 17.6 Å². The number of rotatable bonds is 10. The normalized spacial score (nSPS) is 11.3. The first-order valence-electron chi connectivity index (χ1n) is 10.3. The summed E-state index contributed by atoms with van der Waals surface area (Å²) < 4.78 is 0. The Hall–Kier alpha value is -4.99. The van der Waals surface area contributed by atoms with Crippen LogP contribution in [0.5, 0.6) is 5.88 Å². The number of nitrogens with two attached hydrogens (primary N) is 1. The summed E-state index contributed by atoms with van der Waals surface area (Å²) in [6, 6.07) is 5.07. The number of aromatic nitrogens is 4. The quantitative estimate of drug-likeness (QED) is 0.214. The number of nitrogen functional groups attached to an aromatic ring is 1. The molecule has 2 heterocycles. The number of fused-ring (bicyclic) bond motifs is 1. The van der Waals surface area contributed by atoms with Crippen LogP contribution in [0.1, 0.15) is 28.9 Å². The van der Waals surface area contributed by atoms with Crippen LogP contribution in [0.15, 0.2) is 30.5 Å². The van der Waals surface area contributed by atoms with Gasteiger partial charge in [0.2, 0.25) is 17.7 Å². The van der Waals surface area contributed by atoms with E-state index in [1.165, 1.54) is 18.3 Å². The van der Waals surface area contributed by atoms with E-state index in [0.717, 1.165) is 0 Å². The largest absolute Gasteiger partial charge is 0.492 e. The molecule has 1 unspecified atom stereocenters. The number of benzene rings is 1. The van der Waals surface area contributed by atoms with Crippen molar-refractivity contribution in [1.82, 2.24) is 30.6 Å². The number of terminal acetylenes is 1. The highest BCUT2D eigenvalue weighted by Crippen LogP contribution is 2.19. The number of aliphatic carboxylic acids is 1. The lowest BCUT2D eigenvalue weighted by molar-refractivity contribution is -0.139. The van der Waals surface area contributed by atoms with Crippen molar-refractivity contribution in [3.8, 4) is 18.2 Å². The van der Waals surface area contributed by atoms with Crippen LogP contribution in [0.3, 0.4) is 0 Å². The molecule has 3 aromatic rings. The van der Waals surface area contributed by atoms with E-state index in [2.05, 4.69) is 41.8 Å². The van der Waals surface area contributed by atoms with E-state index in [4.69, 9.17) is 12.2 Å². The number of anilines is 2. The number of carbonyl (C=O) groups excluding carboxylic acids is 2. The van der Waals surface area contributed by atoms with Crippen molar-refractivity contribution < 1.29 is 24.6 Å². The van der Waals surface area contributed by atoms with Crippen molar-refractivity contribution in [2.24, 2.45) is 0 Å². The van der Waals surface area contributed by atoms with Crippen LogP contribution in [0.4, 0.5) is 11.6 Å². The number of carboxylic acid groups (broad SMARTS) is 1. The van der Waals surface area contributed by atoms with Gasteiger partial charge in [-0.25, -0.2) is 14.8 Å². The number of hydrogen-bond donors (Lipinski definition) is 6. The number of carboxylic acids is 1. The average molecular weight is 478 g/mol. The third kappa shape index (κ3) is 6.75. The Bertz CT molecular complexity index is 1290. The van der Waals surface area contributed by atoms with Crippen molar-refractivity contribution in [3.63, 3.8) is 0 Å². The second-order valence-corrected chi connectivity index (χ2v) is 7.25. The molecule has 0 bridgehead atoms. The lowest BCUT2D eigenvalue weighted by Gasteiger charge is -2.14. The Balaban J connectivity index is 1.57. The highest BCUT2D eigenvalue weighted by molar-refractivity contribution is 5.97. The summed E-state index contributed by atoms with van der Waals surface area (Å²) in [6.45, 7) is 0.296. The number of amides is 2. The Labute approximate surface area is 199 Å². The van der Waals surface area contributed by atoms with Gasteiger partial charge in [0.05, 0.1) is 25.0 Å². The maximum atomic E-state index is 12.5. The predicted molar refractivity (Wildman–Crippen MR) is 125 cm³/mol. The van der Waals surface area contributed by atoms with Crippen LogP contribution >= 0.6 is 0 Å². The SMILES string of the molecule is C#CCNC(=O)CCC(NC(=O)c1ccc(NCc2cnc3nc(N)nc(O)c3n2)cc1)C(=O)O. The van der Waals surface area contributed by atoms with E-state index in [-0.39, 0.29) is 54.5 Å². The van der Waals surface area contributed by atoms with Crippen molar-refractivity contribution in [2.45, 2.75) is 25.4 Å². The molecule has 1 atom stereocenters. The van der Waals surface area contributed by atoms with E-state index in [1.807, 2.05) is 0 Å². The zero-order valence-electron chi connectivity index (χ0n) is 18.4. The third-order valence-corrected chi connectivity index (χ3v) is 4.73. The van der Waals surface area contributed by atoms with Crippen LogP contribution in [0, 0.1) is 12.3 Å². The molecule has 0 saturated heterocycles. The molecule has 0 aliphatic rings. The molecule has 0 saturated carbocycles. The van der Waals surface area contributed by atoms with Crippen LogP contribution in [-0.4, -0.2) is 60.5 Å². The Morgan fingerprint density at radius 1 is 1.14 bits per heavy atom. The molecule has 35 heavy (non-hydrogen) atoms. The first kappa shape index (κ1) is 24.6. The van der Waals surface area contributed by atoms with Crippen molar-refractivity contribution in [3.05, 3.63) is 41.7 Å². The lowest BCUT2D eigenvalue weighted by atomic mass is 10.1. The Morgan fingerprint density at radius 2 is 1.89 bits per heavy atom. The molecule has 0 aliphatic carbocycles. The van der Waals surface area contributed by atoms with Gasteiger partial charge in [0.25, 0.3) is 5.91 Å². The number of hydrogen-bond acceptors (Lipinski definition) is 10. The maximum Gasteiger partial charge on any atom is 0.326 e. The number of nitrogens with one attached hydrogen (secondary N) is 3. The minimum absolute atomic E-state index is 0.0444. The minimum atomic E-state index is -1.25. The molecule has 0 aliphatic heterocycles. The minimum Gasteiger partial charge on any atom is -0.492 e. The van der Waals surface area contributed by atoms with Gasteiger partial charge in [0.15, 0.2) is 11.2 Å². The number of aromatic hydroxyl groups is 1. The maximum absolute atomic E-state index is 12.5. The predicted octanol–water partition coefficient (Wildman–Crippen LogP) is 0.0323. The number of nitrogens with zero attached hydrogens (tertiary/aromatic N) is 4. The van der Waals surface area contributed by atoms with Gasteiger partial charge in [-0.1, -0.05) is 5.92 Å². The monoisotopic (exact) mass is 478 g/mol. The van der Waals surface area contributed by atoms with E-state index >= 15 is 0 Å². The molecule has 7 N–H and O–H groups in total. The van der Waals surface area contributed by atoms with Crippen LogP contribution in [-0.2, 0) is 16.1 Å². The topological polar surface area (TPSA) is 205 Å². The fourth-order valence-corrected chi connectivity index (χ4v) is 2.98. The summed E-state index contributed by atoms with van der Waals surface area (Å²) in [7, 11) is 0. The van der Waals surface area contributed by atoms with Crippen LogP contribution in [0.25, 0.3) is 11.2 Å². The van der Waals surface area contributed by atoms with E-state index in [0.29, 0.717) is 11.4 Å². The molecular weight excluding hydrogens is 456 g/mol. The summed E-state index contributed by atoms with van der Waals surface area (Å²) in [5.41, 5.74) is 7.15. The fraction of sp³-hybridized carbons (Fsp3) is 0.227. The van der Waals surface area contributed by atoms with E-state index in [9.17, 15) is 24.6 Å². The summed E-state index contributed by atoms with van der Waals surface area (Å²) in [5, 5.41) is 27.2. The molecule has 13 nitrogen and oxygen atoms in total. The first-order valence-corrected chi connectivity index (χ1v) is 10.3. The van der Waals surface area contributed by atoms with E-state index in [1.54, 1.807) is 12.1 Å². The molecule has 180 valence electrons. The standard InChI is InChI=1S/C22H22N8O5/c1-2-9-24-16(31)8-7-15(21(34)35)28-19(32)12-3-5-13(6-4-12)25-10-14-11-26-18-17(27-14)20(33)30-22(23)29-18/h1,3-6,11,15,25H,7-10H2,(H,24,31)(H,28,32)(H,34,35)(H3,23,26,29,30,33). The van der Waals surface area contributed by atoms with Gasteiger partial charge in [-0.3, -0.25) is 9.59 Å². The Morgan fingerprint density at radius 3 is 2.57 bits per heavy atom. The second kappa shape index (κ2) is 11.2. The molecule has 2 amide bonds. The molecule has 13 heteroatoms. The lowest BCUT2D eigenvalue weighted by Crippen LogP contribution is -2.41. The van der Waals surface area contributed by atoms with Gasteiger partial charge in [-0.2, -0.15) is 9.97 Å². The fourth-order valence-electron chi connectivity index (χ4n) is 2.98. The van der Waals surface area contributed by atoms with Gasteiger partial charge < -0.3 is 31.9 Å². The summed E-state index contributed by atoms with van der Waals surface area (Å²) in [6.07, 6.45) is 6.34. The summed E-state index contributed by atoms with van der Waals surface area (Å²) >= 11 is 0. The molecule has 1 aromatic carbocycles. The van der Waals surface area contributed by atoms with Crippen molar-refractivity contribution >= 4 is 40.6 Å². The third-order valence-electron chi connectivity index (χ3n) is 4.73. The van der Waals surface area contributed by atoms with Gasteiger partial charge in [0, 0.05) is 17.7 Å². The Kier molecular flexibility index (Phi) is 7.91. The molecular formula is C22H22N8O5. The smallest absolute Gasteiger partial charge is 0.326 e. The zero-order chi connectivity index (χ0) is 25.4. The van der Waals surface area contributed by atoms with Gasteiger partial charge >= 0.3 is 5.97 Å².